The van der Waals surface area contributed by atoms with Crippen molar-refractivity contribution < 1.29 is 4.79 Å². The predicted octanol–water partition coefficient (Wildman–Crippen LogP) is 1.67. The van der Waals surface area contributed by atoms with Gasteiger partial charge in [-0.2, -0.15) is 0 Å². The van der Waals surface area contributed by atoms with Gasteiger partial charge in [0.2, 0.25) is 5.91 Å². The number of piperidine rings is 1. The van der Waals surface area contributed by atoms with Crippen molar-refractivity contribution in [3.8, 4) is 0 Å². The molecule has 0 aromatic carbocycles. The van der Waals surface area contributed by atoms with Crippen molar-refractivity contribution in [1.82, 2.24) is 15.3 Å². The summed E-state index contributed by atoms with van der Waals surface area (Å²) in [5.41, 5.74) is -0.369. The standard InChI is InChI=1S/C16H27N5O/c1-12(2)19-15(22)16(3)7-6-8-21(10-16)14-9-13(20(4)5)17-11-18-14/h9,11-12H,6-8,10H2,1-5H3,(H,19,22). The van der Waals surface area contributed by atoms with Crippen molar-refractivity contribution >= 4 is 17.5 Å². The number of anilines is 2. The molecule has 0 bridgehead atoms. The first-order valence-electron chi connectivity index (χ1n) is 7.87. The number of carbonyl (C=O) groups excluding carboxylic acids is 1. The van der Waals surface area contributed by atoms with Gasteiger partial charge in [0.25, 0.3) is 0 Å². The molecular formula is C16H27N5O. The number of nitrogens with one attached hydrogen (secondary N) is 1. The van der Waals surface area contributed by atoms with Crippen LogP contribution in [0.15, 0.2) is 12.4 Å². The van der Waals surface area contributed by atoms with Crippen molar-refractivity contribution in [2.24, 2.45) is 5.41 Å². The molecule has 1 aliphatic heterocycles. The van der Waals surface area contributed by atoms with Crippen LogP contribution in [0.4, 0.5) is 11.6 Å². The SMILES string of the molecule is CC(C)NC(=O)C1(C)CCCN(c2cc(N(C)C)ncn2)C1. The zero-order valence-electron chi connectivity index (χ0n) is 14.3. The Morgan fingerprint density at radius 3 is 2.77 bits per heavy atom. The van der Waals surface area contributed by atoms with E-state index >= 15 is 0 Å². The van der Waals surface area contributed by atoms with E-state index in [9.17, 15) is 4.79 Å². The Kier molecular flexibility index (Phi) is 4.88. The topological polar surface area (TPSA) is 61.4 Å². The van der Waals surface area contributed by atoms with Crippen molar-refractivity contribution in [2.45, 2.75) is 39.7 Å². The van der Waals surface area contributed by atoms with E-state index < -0.39 is 0 Å². The first kappa shape index (κ1) is 16.5. The average molecular weight is 305 g/mol. The third kappa shape index (κ3) is 3.67. The monoisotopic (exact) mass is 305 g/mol. The highest BCUT2D eigenvalue weighted by molar-refractivity contribution is 5.83. The molecule has 1 aromatic rings. The summed E-state index contributed by atoms with van der Waals surface area (Å²) in [6.45, 7) is 7.65. The van der Waals surface area contributed by atoms with E-state index in [-0.39, 0.29) is 17.4 Å². The van der Waals surface area contributed by atoms with Crippen LogP contribution in [-0.2, 0) is 4.79 Å². The van der Waals surface area contributed by atoms with Gasteiger partial charge in [-0.1, -0.05) is 0 Å². The number of hydrogen-bond acceptors (Lipinski definition) is 5. The normalized spacial score (nSPS) is 21.8. The fourth-order valence-electron chi connectivity index (χ4n) is 2.81. The molecule has 1 unspecified atom stereocenters. The van der Waals surface area contributed by atoms with E-state index in [2.05, 4.69) is 20.2 Å². The number of carbonyl (C=O) groups is 1. The fourth-order valence-corrected chi connectivity index (χ4v) is 2.81. The summed E-state index contributed by atoms with van der Waals surface area (Å²) in [4.78, 5) is 25.3. The Hall–Kier alpha value is -1.85. The third-order valence-corrected chi connectivity index (χ3v) is 4.08. The quantitative estimate of drug-likeness (QED) is 0.917. The number of nitrogens with zero attached hydrogens (tertiary/aromatic N) is 4. The molecular weight excluding hydrogens is 278 g/mol. The second-order valence-electron chi connectivity index (χ2n) is 6.84. The molecule has 0 spiro atoms. The molecule has 1 atom stereocenters. The van der Waals surface area contributed by atoms with Gasteiger partial charge in [-0.05, 0) is 33.6 Å². The molecule has 22 heavy (non-hydrogen) atoms. The lowest BCUT2D eigenvalue weighted by molar-refractivity contribution is -0.131. The third-order valence-electron chi connectivity index (χ3n) is 4.08. The Morgan fingerprint density at radius 1 is 1.41 bits per heavy atom. The number of aromatic nitrogens is 2. The lowest BCUT2D eigenvalue weighted by Crippen LogP contribution is -2.52. The molecule has 2 rings (SSSR count). The molecule has 0 saturated carbocycles. The van der Waals surface area contributed by atoms with Crippen molar-refractivity contribution in [3.05, 3.63) is 12.4 Å². The maximum Gasteiger partial charge on any atom is 0.227 e. The van der Waals surface area contributed by atoms with E-state index in [1.54, 1.807) is 6.33 Å². The van der Waals surface area contributed by atoms with Gasteiger partial charge in [0.05, 0.1) is 5.41 Å². The van der Waals surface area contributed by atoms with Crippen LogP contribution in [-0.4, -0.2) is 49.1 Å². The number of hydrogen-bond donors (Lipinski definition) is 1. The summed E-state index contributed by atoms with van der Waals surface area (Å²) >= 11 is 0. The van der Waals surface area contributed by atoms with Gasteiger partial charge in [-0.15, -0.1) is 0 Å². The van der Waals surface area contributed by atoms with Crippen LogP contribution in [0.1, 0.15) is 33.6 Å². The second-order valence-corrected chi connectivity index (χ2v) is 6.84. The molecule has 1 amide bonds. The molecule has 1 aliphatic rings. The maximum atomic E-state index is 12.5. The van der Waals surface area contributed by atoms with Crippen molar-refractivity contribution in [3.63, 3.8) is 0 Å². The van der Waals surface area contributed by atoms with Crippen LogP contribution >= 0.6 is 0 Å². The maximum absolute atomic E-state index is 12.5. The highest BCUT2D eigenvalue weighted by atomic mass is 16.2. The molecule has 0 radical (unpaired) electrons. The molecule has 1 fully saturated rings. The van der Waals surface area contributed by atoms with Crippen LogP contribution in [0.25, 0.3) is 0 Å². The molecule has 0 aliphatic carbocycles. The van der Waals surface area contributed by atoms with Crippen LogP contribution in [0, 0.1) is 5.41 Å². The summed E-state index contributed by atoms with van der Waals surface area (Å²) in [6.07, 6.45) is 3.49. The summed E-state index contributed by atoms with van der Waals surface area (Å²) in [5, 5.41) is 3.05. The zero-order chi connectivity index (χ0) is 16.3. The van der Waals surface area contributed by atoms with Gasteiger partial charge in [0.15, 0.2) is 0 Å². The smallest absolute Gasteiger partial charge is 0.227 e. The Morgan fingerprint density at radius 2 is 2.14 bits per heavy atom. The molecule has 1 N–H and O–H groups in total. The van der Waals surface area contributed by atoms with Crippen LogP contribution in [0.3, 0.4) is 0 Å². The Balaban J connectivity index is 2.16. The minimum Gasteiger partial charge on any atom is -0.363 e. The zero-order valence-corrected chi connectivity index (χ0v) is 14.3. The van der Waals surface area contributed by atoms with E-state index in [0.29, 0.717) is 6.54 Å². The molecule has 6 nitrogen and oxygen atoms in total. The minimum absolute atomic E-state index is 0.133. The molecule has 2 heterocycles. The van der Waals surface area contributed by atoms with Crippen LogP contribution in [0.2, 0.25) is 0 Å². The second kappa shape index (κ2) is 6.50. The number of amides is 1. The van der Waals surface area contributed by atoms with Crippen molar-refractivity contribution in [1.29, 1.82) is 0 Å². The fraction of sp³-hybridized carbons (Fsp3) is 0.688. The summed E-state index contributed by atoms with van der Waals surface area (Å²) in [5.74, 6) is 1.90. The van der Waals surface area contributed by atoms with Gasteiger partial charge in [-0.3, -0.25) is 4.79 Å². The largest absolute Gasteiger partial charge is 0.363 e. The van der Waals surface area contributed by atoms with Crippen LogP contribution in [0.5, 0.6) is 0 Å². The number of rotatable bonds is 4. The van der Waals surface area contributed by atoms with Crippen molar-refractivity contribution in [2.75, 3.05) is 37.0 Å². The highest BCUT2D eigenvalue weighted by Crippen LogP contribution is 2.32. The van der Waals surface area contributed by atoms with Gasteiger partial charge < -0.3 is 15.1 Å². The van der Waals surface area contributed by atoms with E-state index in [0.717, 1.165) is 31.0 Å². The average Bonchev–Trinajstić information content (AvgIpc) is 2.46. The lowest BCUT2D eigenvalue weighted by Gasteiger charge is -2.40. The predicted molar refractivity (Wildman–Crippen MR) is 89.2 cm³/mol. The summed E-state index contributed by atoms with van der Waals surface area (Å²) < 4.78 is 0. The molecule has 1 saturated heterocycles. The first-order valence-corrected chi connectivity index (χ1v) is 7.87. The van der Waals surface area contributed by atoms with E-state index in [1.165, 1.54) is 0 Å². The van der Waals surface area contributed by atoms with Gasteiger partial charge >= 0.3 is 0 Å². The summed E-state index contributed by atoms with van der Waals surface area (Å²) in [6, 6.07) is 2.14. The minimum atomic E-state index is -0.369. The molecule has 6 heteroatoms. The summed E-state index contributed by atoms with van der Waals surface area (Å²) in [7, 11) is 3.92. The van der Waals surface area contributed by atoms with Gasteiger partial charge in [0.1, 0.15) is 18.0 Å². The van der Waals surface area contributed by atoms with E-state index in [4.69, 9.17) is 0 Å². The molecule has 122 valence electrons. The van der Waals surface area contributed by atoms with Crippen LogP contribution < -0.4 is 15.1 Å². The van der Waals surface area contributed by atoms with Gasteiger partial charge in [-0.25, -0.2) is 9.97 Å². The Labute approximate surface area is 132 Å². The highest BCUT2D eigenvalue weighted by Gasteiger charge is 2.38. The van der Waals surface area contributed by atoms with E-state index in [1.807, 2.05) is 45.8 Å². The molecule has 1 aromatic heterocycles. The Bertz CT molecular complexity index is 531. The first-order chi connectivity index (χ1) is 10.3. The lowest BCUT2D eigenvalue weighted by atomic mass is 9.80. The van der Waals surface area contributed by atoms with Gasteiger partial charge in [0, 0.05) is 39.3 Å².